The molecule has 4 amide bonds. The number of benzene rings is 1. The highest BCUT2D eigenvalue weighted by molar-refractivity contribution is 6.12. The maximum Gasteiger partial charge on any atom is 0.319 e. The van der Waals surface area contributed by atoms with Crippen LogP contribution >= 0.6 is 0 Å². The van der Waals surface area contributed by atoms with Crippen molar-refractivity contribution in [3.8, 4) is 0 Å². The molecule has 0 saturated carbocycles. The standard InChI is InChI=1S/C17H17N7O4/c18-12(25)4-5-19-17(28)24-10-3-1-2-9(6-10)23-15(26)11-7-20-14-13(11)16(27)22-8-21-14/h1-3,6-8H,4-5H2,(H2,18,25)(H,23,26)(H2,19,24,28)(H2,20,21,22,27). The van der Waals surface area contributed by atoms with Crippen LogP contribution in [-0.2, 0) is 4.79 Å². The van der Waals surface area contributed by atoms with Crippen LogP contribution in [0.5, 0.6) is 0 Å². The number of amides is 4. The van der Waals surface area contributed by atoms with Crippen LogP contribution in [0.3, 0.4) is 0 Å². The number of H-pyrrole nitrogens is 2. The third kappa shape index (κ3) is 4.33. The Labute approximate surface area is 157 Å². The molecule has 0 atom stereocenters. The molecular formula is C17H17N7O4. The minimum atomic E-state index is -0.517. The number of primary amides is 1. The summed E-state index contributed by atoms with van der Waals surface area (Å²) in [6.07, 6.45) is 2.67. The number of carbonyl (C=O) groups excluding carboxylic acids is 3. The van der Waals surface area contributed by atoms with Crippen molar-refractivity contribution in [1.82, 2.24) is 20.3 Å². The molecule has 0 aliphatic carbocycles. The van der Waals surface area contributed by atoms with Crippen LogP contribution in [-0.4, -0.2) is 39.3 Å². The van der Waals surface area contributed by atoms with Crippen LogP contribution in [0.15, 0.2) is 41.6 Å². The van der Waals surface area contributed by atoms with Crippen molar-refractivity contribution in [3.05, 3.63) is 52.7 Å². The third-order valence-electron chi connectivity index (χ3n) is 3.76. The Morgan fingerprint density at radius 3 is 2.61 bits per heavy atom. The molecule has 0 fully saturated rings. The molecule has 3 aromatic rings. The first-order valence-electron chi connectivity index (χ1n) is 8.23. The second-order valence-electron chi connectivity index (χ2n) is 5.79. The van der Waals surface area contributed by atoms with Gasteiger partial charge in [0.15, 0.2) is 0 Å². The summed E-state index contributed by atoms with van der Waals surface area (Å²) < 4.78 is 0. The van der Waals surface area contributed by atoms with Crippen LogP contribution in [0.25, 0.3) is 11.0 Å². The van der Waals surface area contributed by atoms with Gasteiger partial charge in [0.05, 0.1) is 17.3 Å². The Hall–Kier alpha value is -4.15. The Morgan fingerprint density at radius 1 is 1.11 bits per heavy atom. The normalized spacial score (nSPS) is 10.4. The number of nitrogens with two attached hydrogens (primary N) is 1. The van der Waals surface area contributed by atoms with Gasteiger partial charge < -0.3 is 31.7 Å². The minimum Gasteiger partial charge on any atom is -0.370 e. The van der Waals surface area contributed by atoms with E-state index in [1.54, 1.807) is 24.3 Å². The maximum absolute atomic E-state index is 12.5. The van der Waals surface area contributed by atoms with Gasteiger partial charge in [-0.25, -0.2) is 9.78 Å². The number of nitrogens with zero attached hydrogens (tertiary/aromatic N) is 1. The van der Waals surface area contributed by atoms with E-state index < -0.39 is 23.4 Å². The van der Waals surface area contributed by atoms with Gasteiger partial charge in [0.1, 0.15) is 5.65 Å². The summed E-state index contributed by atoms with van der Waals surface area (Å²) in [7, 11) is 0. The molecular weight excluding hydrogens is 366 g/mol. The van der Waals surface area contributed by atoms with Crippen LogP contribution < -0.4 is 27.2 Å². The predicted octanol–water partition coefficient (Wildman–Crippen LogP) is 0.500. The Kier molecular flexibility index (Phi) is 5.35. The first-order chi connectivity index (χ1) is 13.4. The second kappa shape index (κ2) is 8.03. The van der Waals surface area contributed by atoms with Crippen molar-refractivity contribution < 1.29 is 14.4 Å². The van der Waals surface area contributed by atoms with E-state index in [0.717, 1.165) is 0 Å². The van der Waals surface area contributed by atoms with E-state index >= 15 is 0 Å². The van der Waals surface area contributed by atoms with Crippen LogP contribution in [0, 0.1) is 0 Å². The van der Waals surface area contributed by atoms with Gasteiger partial charge in [0.2, 0.25) is 5.91 Å². The summed E-state index contributed by atoms with van der Waals surface area (Å²) in [6, 6.07) is 5.93. The van der Waals surface area contributed by atoms with E-state index in [1.165, 1.54) is 12.5 Å². The number of carbonyl (C=O) groups is 3. The molecule has 0 spiro atoms. The number of nitrogens with one attached hydrogen (secondary N) is 5. The Morgan fingerprint density at radius 2 is 1.86 bits per heavy atom. The van der Waals surface area contributed by atoms with Crippen LogP contribution in [0.4, 0.5) is 16.2 Å². The quantitative estimate of drug-likeness (QED) is 0.363. The van der Waals surface area contributed by atoms with E-state index in [0.29, 0.717) is 17.0 Å². The molecule has 0 bridgehead atoms. The van der Waals surface area contributed by atoms with Gasteiger partial charge in [-0.1, -0.05) is 6.07 Å². The number of hydrogen-bond acceptors (Lipinski definition) is 5. The molecule has 11 nitrogen and oxygen atoms in total. The molecule has 0 aliphatic rings. The highest BCUT2D eigenvalue weighted by Gasteiger charge is 2.16. The maximum atomic E-state index is 12.5. The molecule has 144 valence electrons. The molecule has 0 unspecified atom stereocenters. The molecule has 2 heterocycles. The molecule has 0 aliphatic heterocycles. The third-order valence-corrected chi connectivity index (χ3v) is 3.76. The number of aromatic nitrogens is 3. The molecule has 11 heteroatoms. The summed E-state index contributed by atoms with van der Waals surface area (Å²) in [6.45, 7) is 0.112. The highest BCUT2D eigenvalue weighted by Crippen LogP contribution is 2.18. The minimum absolute atomic E-state index is 0.0299. The number of urea groups is 1. The van der Waals surface area contributed by atoms with Crippen molar-refractivity contribution in [2.24, 2.45) is 5.73 Å². The number of fused-ring (bicyclic) bond motifs is 1. The van der Waals surface area contributed by atoms with E-state index in [2.05, 4.69) is 30.9 Å². The Balaban J connectivity index is 1.68. The van der Waals surface area contributed by atoms with Crippen molar-refractivity contribution >= 4 is 40.3 Å². The average Bonchev–Trinajstić information content (AvgIpc) is 3.07. The lowest BCUT2D eigenvalue weighted by atomic mass is 10.2. The topological polar surface area (TPSA) is 175 Å². The van der Waals surface area contributed by atoms with Gasteiger partial charge in [-0.2, -0.15) is 0 Å². The monoisotopic (exact) mass is 383 g/mol. The molecule has 3 rings (SSSR count). The van der Waals surface area contributed by atoms with E-state index in [1.807, 2.05) is 0 Å². The number of hydrogen-bond donors (Lipinski definition) is 6. The van der Waals surface area contributed by atoms with Crippen molar-refractivity contribution in [1.29, 1.82) is 0 Å². The van der Waals surface area contributed by atoms with Gasteiger partial charge in [-0.05, 0) is 18.2 Å². The molecule has 0 saturated heterocycles. The van der Waals surface area contributed by atoms with Gasteiger partial charge in [0, 0.05) is 30.5 Å². The predicted molar refractivity (Wildman–Crippen MR) is 102 cm³/mol. The SMILES string of the molecule is NC(=O)CCNC(=O)Nc1cccc(NC(=O)c2c[nH]c3nc[nH]c(=O)c23)c1. The number of anilines is 2. The fraction of sp³-hybridized carbons (Fsp3) is 0.118. The zero-order chi connectivity index (χ0) is 20.1. The van der Waals surface area contributed by atoms with E-state index in [9.17, 15) is 19.2 Å². The first-order valence-corrected chi connectivity index (χ1v) is 8.23. The summed E-state index contributed by atoms with van der Waals surface area (Å²) >= 11 is 0. The molecule has 2 aromatic heterocycles. The lowest BCUT2D eigenvalue weighted by molar-refractivity contribution is -0.117. The average molecular weight is 383 g/mol. The number of rotatable bonds is 6. The van der Waals surface area contributed by atoms with Crippen LogP contribution in [0.2, 0.25) is 0 Å². The van der Waals surface area contributed by atoms with Crippen LogP contribution in [0.1, 0.15) is 16.8 Å². The van der Waals surface area contributed by atoms with Gasteiger partial charge in [-0.15, -0.1) is 0 Å². The fourth-order valence-electron chi connectivity index (χ4n) is 2.50. The zero-order valence-corrected chi connectivity index (χ0v) is 14.5. The summed E-state index contributed by atoms with van der Waals surface area (Å²) in [5.74, 6) is -1.02. The Bertz CT molecular complexity index is 1100. The molecule has 1 aromatic carbocycles. The largest absolute Gasteiger partial charge is 0.370 e. The van der Waals surface area contributed by atoms with Gasteiger partial charge >= 0.3 is 6.03 Å². The summed E-state index contributed by atoms with van der Waals surface area (Å²) in [5.41, 5.74) is 5.86. The van der Waals surface area contributed by atoms with E-state index in [-0.39, 0.29) is 23.9 Å². The first kappa shape index (κ1) is 18.6. The second-order valence-corrected chi connectivity index (χ2v) is 5.79. The van der Waals surface area contributed by atoms with Gasteiger partial charge in [-0.3, -0.25) is 14.4 Å². The number of aromatic amines is 2. The summed E-state index contributed by atoms with van der Waals surface area (Å²) in [5, 5.41) is 7.88. The van der Waals surface area contributed by atoms with Gasteiger partial charge in [0.25, 0.3) is 11.5 Å². The smallest absolute Gasteiger partial charge is 0.319 e. The highest BCUT2D eigenvalue weighted by atomic mass is 16.2. The molecule has 7 N–H and O–H groups in total. The lowest BCUT2D eigenvalue weighted by Gasteiger charge is -2.09. The molecule has 0 radical (unpaired) electrons. The van der Waals surface area contributed by atoms with Crippen molar-refractivity contribution in [2.75, 3.05) is 17.2 Å². The fourth-order valence-corrected chi connectivity index (χ4v) is 2.50. The summed E-state index contributed by atoms with van der Waals surface area (Å²) in [4.78, 5) is 56.1. The zero-order valence-electron chi connectivity index (χ0n) is 14.5. The van der Waals surface area contributed by atoms with Crippen molar-refractivity contribution in [2.45, 2.75) is 6.42 Å². The van der Waals surface area contributed by atoms with E-state index in [4.69, 9.17) is 5.73 Å². The lowest BCUT2D eigenvalue weighted by Crippen LogP contribution is -2.31. The van der Waals surface area contributed by atoms with Crippen molar-refractivity contribution in [3.63, 3.8) is 0 Å². The molecule has 28 heavy (non-hydrogen) atoms.